The van der Waals surface area contributed by atoms with Crippen LogP contribution in [0.4, 0.5) is 0 Å². The molecule has 0 aromatic heterocycles. The van der Waals surface area contributed by atoms with Gasteiger partial charge in [-0.2, -0.15) is 0 Å². The molecule has 0 bridgehead atoms. The van der Waals surface area contributed by atoms with Gasteiger partial charge in [0, 0.05) is 11.1 Å². The van der Waals surface area contributed by atoms with Crippen LogP contribution in [0.25, 0.3) is 0 Å². The van der Waals surface area contributed by atoms with Crippen molar-refractivity contribution < 1.29 is 19.1 Å². The average molecular weight is 395 g/mol. The Morgan fingerprint density at radius 3 is 2.18 bits per heavy atom. The molecule has 0 atom stereocenters. The van der Waals surface area contributed by atoms with E-state index in [4.69, 9.17) is 21.1 Å². The number of halogens is 1. The van der Waals surface area contributed by atoms with Gasteiger partial charge in [-0.25, -0.2) is 4.79 Å². The fourth-order valence-corrected chi connectivity index (χ4v) is 2.84. The Labute approximate surface area is 168 Å². The first-order chi connectivity index (χ1) is 13.6. The van der Waals surface area contributed by atoms with E-state index in [-0.39, 0.29) is 24.6 Å². The lowest BCUT2D eigenvalue weighted by Gasteiger charge is -2.11. The average Bonchev–Trinajstić information content (AvgIpc) is 2.72. The van der Waals surface area contributed by atoms with Crippen molar-refractivity contribution in [3.05, 3.63) is 100 Å². The van der Waals surface area contributed by atoms with Crippen LogP contribution in [-0.2, 0) is 4.74 Å². The Morgan fingerprint density at radius 2 is 1.46 bits per heavy atom. The first kappa shape index (κ1) is 19.6. The van der Waals surface area contributed by atoms with Gasteiger partial charge in [-0.15, -0.1) is 0 Å². The quantitative estimate of drug-likeness (QED) is 0.317. The van der Waals surface area contributed by atoms with E-state index in [0.29, 0.717) is 21.9 Å². The number of carbonyl (C=O) groups is 2. The Balaban J connectivity index is 1.65. The van der Waals surface area contributed by atoms with Crippen molar-refractivity contribution in [2.45, 2.75) is 6.92 Å². The second-order valence-electron chi connectivity index (χ2n) is 6.16. The lowest BCUT2D eigenvalue weighted by molar-refractivity contribution is 0.0448. The molecule has 0 unspecified atom stereocenters. The molecular formula is C23H19ClO4. The van der Waals surface area contributed by atoms with Gasteiger partial charge in [0.05, 0.1) is 10.6 Å². The monoisotopic (exact) mass is 394 g/mol. The predicted octanol–water partition coefficient (Wildman–Crippen LogP) is 5.12. The molecule has 3 aromatic rings. The van der Waals surface area contributed by atoms with Crippen molar-refractivity contribution in [3.63, 3.8) is 0 Å². The van der Waals surface area contributed by atoms with E-state index in [0.717, 1.165) is 5.56 Å². The molecule has 0 saturated carbocycles. The van der Waals surface area contributed by atoms with E-state index in [1.165, 1.54) is 0 Å². The molecular weight excluding hydrogens is 376 g/mol. The van der Waals surface area contributed by atoms with Crippen molar-refractivity contribution in [1.82, 2.24) is 0 Å². The van der Waals surface area contributed by atoms with Crippen LogP contribution in [0.2, 0.25) is 5.02 Å². The molecule has 0 N–H and O–H groups in total. The SMILES string of the molecule is Cc1ccc(C(=O)c2ccccc2C(=O)OCCOc2ccccc2Cl)cc1. The molecule has 0 aliphatic rings. The molecule has 3 rings (SSSR count). The van der Waals surface area contributed by atoms with Crippen LogP contribution < -0.4 is 4.74 Å². The van der Waals surface area contributed by atoms with E-state index < -0.39 is 5.97 Å². The van der Waals surface area contributed by atoms with Crippen LogP contribution in [0.5, 0.6) is 5.75 Å². The molecule has 0 aliphatic carbocycles. The van der Waals surface area contributed by atoms with E-state index in [1.54, 1.807) is 60.7 Å². The van der Waals surface area contributed by atoms with E-state index in [1.807, 2.05) is 19.1 Å². The highest BCUT2D eigenvalue weighted by atomic mass is 35.5. The highest BCUT2D eigenvalue weighted by molar-refractivity contribution is 6.32. The van der Waals surface area contributed by atoms with Gasteiger partial charge >= 0.3 is 5.97 Å². The Morgan fingerprint density at radius 1 is 0.821 bits per heavy atom. The molecule has 142 valence electrons. The normalized spacial score (nSPS) is 10.4. The zero-order valence-corrected chi connectivity index (χ0v) is 16.1. The van der Waals surface area contributed by atoms with Gasteiger partial charge in [0.15, 0.2) is 5.78 Å². The number of hydrogen-bond acceptors (Lipinski definition) is 4. The number of esters is 1. The summed E-state index contributed by atoms with van der Waals surface area (Å²) in [5.74, 6) is -0.270. The highest BCUT2D eigenvalue weighted by Gasteiger charge is 2.19. The molecule has 0 amide bonds. The third-order valence-corrected chi connectivity index (χ3v) is 4.43. The van der Waals surface area contributed by atoms with Crippen LogP contribution in [-0.4, -0.2) is 25.0 Å². The number of ketones is 1. The predicted molar refractivity (Wildman–Crippen MR) is 108 cm³/mol. The summed E-state index contributed by atoms with van der Waals surface area (Å²) < 4.78 is 10.8. The molecule has 4 nitrogen and oxygen atoms in total. The number of hydrogen-bond donors (Lipinski definition) is 0. The van der Waals surface area contributed by atoms with E-state index in [2.05, 4.69) is 0 Å². The largest absolute Gasteiger partial charge is 0.488 e. The topological polar surface area (TPSA) is 52.6 Å². The molecule has 5 heteroatoms. The molecule has 3 aromatic carbocycles. The highest BCUT2D eigenvalue weighted by Crippen LogP contribution is 2.23. The second kappa shape index (κ2) is 9.20. The lowest BCUT2D eigenvalue weighted by Crippen LogP contribution is -2.16. The minimum Gasteiger partial charge on any atom is -0.488 e. The summed E-state index contributed by atoms with van der Waals surface area (Å²) >= 11 is 6.01. The number of para-hydroxylation sites is 1. The number of aryl methyl sites for hydroxylation is 1. The van der Waals surface area contributed by atoms with E-state index >= 15 is 0 Å². The van der Waals surface area contributed by atoms with Crippen molar-refractivity contribution >= 4 is 23.4 Å². The Hall–Kier alpha value is -3.11. The van der Waals surface area contributed by atoms with Gasteiger partial charge < -0.3 is 9.47 Å². The number of rotatable bonds is 7. The smallest absolute Gasteiger partial charge is 0.339 e. The maximum atomic E-state index is 12.8. The van der Waals surface area contributed by atoms with Crippen molar-refractivity contribution in [2.75, 3.05) is 13.2 Å². The van der Waals surface area contributed by atoms with Gasteiger partial charge in [-0.1, -0.05) is 71.8 Å². The summed E-state index contributed by atoms with van der Waals surface area (Å²) in [6.45, 7) is 2.14. The number of ether oxygens (including phenoxy) is 2. The van der Waals surface area contributed by atoms with Gasteiger partial charge in [-0.05, 0) is 25.1 Å². The van der Waals surface area contributed by atoms with Gasteiger partial charge in [-0.3, -0.25) is 4.79 Å². The van der Waals surface area contributed by atoms with Gasteiger partial charge in [0.25, 0.3) is 0 Å². The van der Waals surface area contributed by atoms with E-state index in [9.17, 15) is 9.59 Å². The molecule has 0 spiro atoms. The molecule has 0 aliphatic heterocycles. The summed E-state index contributed by atoms with van der Waals surface area (Å²) in [6, 6.07) is 20.9. The summed E-state index contributed by atoms with van der Waals surface area (Å²) in [5.41, 5.74) is 2.12. The number of benzene rings is 3. The summed E-state index contributed by atoms with van der Waals surface area (Å²) in [7, 11) is 0. The molecule has 0 heterocycles. The van der Waals surface area contributed by atoms with Crippen molar-refractivity contribution in [1.29, 1.82) is 0 Å². The Bertz CT molecular complexity index is 980. The standard InChI is InChI=1S/C23H19ClO4/c1-16-10-12-17(13-11-16)22(25)18-6-2-3-7-19(18)23(26)28-15-14-27-21-9-5-4-8-20(21)24/h2-13H,14-15H2,1H3. The first-order valence-corrected chi connectivity index (χ1v) is 9.19. The molecule has 0 radical (unpaired) electrons. The maximum Gasteiger partial charge on any atom is 0.339 e. The maximum absolute atomic E-state index is 12.8. The lowest BCUT2D eigenvalue weighted by atomic mass is 9.98. The minimum absolute atomic E-state index is 0.0388. The first-order valence-electron chi connectivity index (χ1n) is 8.81. The summed E-state index contributed by atoms with van der Waals surface area (Å²) in [4.78, 5) is 25.3. The fraction of sp³-hybridized carbons (Fsp3) is 0.130. The van der Waals surface area contributed by atoms with Crippen LogP contribution in [0.15, 0.2) is 72.8 Å². The second-order valence-corrected chi connectivity index (χ2v) is 6.56. The van der Waals surface area contributed by atoms with Crippen molar-refractivity contribution in [3.8, 4) is 5.75 Å². The Kier molecular flexibility index (Phi) is 6.45. The van der Waals surface area contributed by atoms with Gasteiger partial charge in [0.2, 0.25) is 0 Å². The summed E-state index contributed by atoms with van der Waals surface area (Å²) in [6.07, 6.45) is 0. The minimum atomic E-state index is -0.571. The van der Waals surface area contributed by atoms with Crippen molar-refractivity contribution in [2.24, 2.45) is 0 Å². The third kappa shape index (κ3) is 4.78. The molecule has 28 heavy (non-hydrogen) atoms. The molecule has 0 fully saturated rings. The van der Waals surface area contributed by atoms with Crippen LogP contribution in [0, 0.1) is 6.92 Å². The summed E-state index contributed by atoms with van der Waals surface area (Å²) in [5, 5.41) is 0.489. The van der Waals surface area contributed by atoms with Gasteiger partial charge in [0.1, 0.15) is 19.0 Å². The fourth-order valence-electron chi connectivity index (χ4n) is 2.65. The van der Waals surface area contributed by atoms with Crippen LogP contribution >= 0.6 is 11.6 Å². The van der Waals surface area contributed by atoms with Crippen LogP contribution in [0.3, 0.4) is 0 Å². The number of carbonyl (C=O) groups excluding carboxylic acids is 2. The molecule has 0 saturated heterocycles. The zero-order valence-electron chi connectivity index (χ0n) is 15.4. The zero-order chi connectivity index (χ0) is 19.9. The van der Waals surface area contributed by atoms with Crippen LogP contribution in [0.1, 0.15) is 31.8 Å². The third-order valence-electron chi connectivity index (χ3n) is 4.12.